The molecule has 0 fully saturated rings. The number of aromatic nitrogens is 2. The highest BCUT2D eigenvalue weighted by Crippen LogP contribution is 2.27. The van der Waals surface area contributed by atoms with Gasteiger partial charge in [-0.3, -0.25) is 9.89 Å². The number of benzene rings is 3. The molecule has 4 rings (SSSR count). The van der Waals surface area contributed by atoms with Crippen molar-refractivity contribution in [1.29, 1.82) is 0 Å². The molecule has 0 saturated carbocycles. The van der Waals surface area contributed by atoms with Crippen LogP contribution in [0.25, 0.3) is 0 Å². The minimum absolute atomic E-state index is 0.0996. The highest BCUT2D eigenvalue weighted by atomic mass is 32.1. The molecule has 1 amide bonds. The number of carbonyl (C=O) groups is 1. The number of hydrogen-bond donors (Lipinski definition) is 2. The molecular formula is C22H18N4O2S2. The number of nitrogens with zero attached hydrogens (tertiary/aromatic N) is 2. The van der Waals surface area contributed by atoms with E-state index in [1.807, 2.05) is 89.8 Å². The normalized spacial score (nSPS) is 10.4. The number of rotatable bonds is 7. The van der Waals surface area contributed by atoms with Crippen LogP contribution in [0, 0.1) is 3.95 Å². The lowest BCUT2D eigenvalue weighted by atomic mass is 10.2. The molecule has 1 heterocycles. The van der Waals surface area contributed by atoms with Crippen molar-refractivity contribution in [2.24, 2.45) is 0 Å². The maximum Gasteiger partial charge on any atom is 0.244 e. The van der Waals surface area contributed by atoms with Crippen LogP contribution in [0.4, 0.5) is 16.5 Å². The topological polar surface area (TPSA) is 70.2 Å². The number of anilines is 3. The molecule has 0 aliphatic rings. The maximum absolute atomic E-state index is 12.7. The Bertz CT molecular complexity index is 1160. The van der Waals surface area contributed by atoms with Gasteiger partial charge in [-0.2, -0.15) is 0 Å². The van der Waals surface area contributed by atoms with E-state index in [9.17, 15) is 4.79 Å². The van der Waals surface area contributed by atoms with Gasteiger partial charge in [-0.25, -0.2) is 0 Å². The van der Waals surface area contributed by atoms with Crippen LogP contribution in [0.5, 0.6) is 11.5 Å². The Balaban J connectivity index is 1.44. The molecule has 30 heavy (non-hydrogen) atoms. The van der Waals surface area contributed by atoms with E-state index in [1.165, 1.54) is 11.3 Å². The van der Waals surface area contributed by atoms with Crippen LogP contribution in [0.2, 0.25) is 0 Å². The maximum atomic E-state index is 12.7. The zero-order valence-corrected chi connectivity index (χ0v) is 17.5. The predicted molar refractivity (Wildman–Crippen MR) is 122 cm³/mol. The lowest BCUT2D eigenvalue weighted by Crippen LogP contribution is -2.29. The van der Waals surface area contributed by atoms with E-state index in [4.69, 9.17) is 17.0 Å². The van der Waals surface area contributed by atoms with Crippen molar-refractivity contribution in [2.45, 2.75) is 0 Å². The molecular weight excluding hydrogens is 416 g/mol. The molecule has 0 atom stereocenters. The summed E-state index contributed by atoms with van der Waals surface area (Å²) in [5.41, 5.74) is 1.54. The van der Waals surface area contributed by atoms with Gasteiger partial charge in [0.1, 0.15) is 18.0 Å². The Hall–Kier alpha value is -3.49. The minimum atomic E-state index is -0.170. The van der Waals surface area contributed by atoms with Gasteiger partial charge in [-0.05, 0) is 60.7 Å². The first kappa shape index (κ1) is 19.8. The lowest BCUT2D eigenvalue weighted by Gasteiger charge is -2.21. The Kier molecular flexibility index (Phi) is 6.17. The van der Waals surface area contributed by atoms with Crippen molar-refractivity contribution in [2.75, 3.05) is 16.8 Å². The fourth-order valence-electron chi connectivity index (χ4n) is 2.79. The van der Waals surface area contributed by atoms with Crippen LogP contribution in [0.15, 0.2) is 84.9 Å². The van der Waals surface area contributed by atoms with Crippen LogP contribution in [-0.2, 0) is 4.79 Å². The van der Waals surface area contributed by atoms with Crippen LogP contribution in [-0.4, -0.2) is 22.6 Å². The highest BCUT2D eigenvalue weighted by Gasteiger charge is 2.17. The molecule has 2 N–H and O–H groups in total. The summed E-state index contributed by atoms with van der Waals surface area (Å²) < 4.78 is 6.34. The number of amides is 1. The van der Waals surface area contributed by atoms with Crippen molar-refractivity contribution in [3.63, 3.8) is 0 Å². The molecule has 0 saturated heterocycles. The molecule has 0 bridgehead atoms. The summed E-state index contributed by atoms with van der Waals surface area (Å²) >= 11 is 6.46. The van der Waals surface area contributed by atoms with Crippen molar-refractivity contribution < 1.29 is 9.53 Å². The average Bonchev–Trinajstić information content (AvgIpc) is 3.21. The van der Waals surface area contributed by atoms with Crippen LogP contribution >= 0.6 is 23.6 Å². The van der Waals surface area contributed by atoms with Crippen LogP contribution in [0.3, 0.4) is 0 Å². The molecule has 8 heteroatoms. The van der Waals surface area contributed by atoms with E-state index in [0.717, 1.165) is 11.4 Å². The Morgan fingerprint density at radius 2 is 1.60 bits per heavy atom. The third-order valence-electron chi connectivity index (χ3n) is 4.14. The standard InChI is InChI=1S/C22H18N4O2S2/c27-20(15-26(17-7-3-1-4-8-17)21-24-25-22(29)30-21)23-16-11-13-19(14-12-16)28-18-9-5-2-6-10-18/h1-14H,15H2,(H,23,27)(H,25,29). The first-order valence-electron chi connectivity index (χ1n) is 9.18. The largest absolute Gasteiger partial charge is 0.457 e. The summed E-state index contributed by atoms with van der Waals surface area (Å²) in [7, 11) is 0. The summed E-state index contributed by atoms with van der Waals surface area (Å²) in [6.45, 7) is 0.0996. The van der Waals surface area contributed by atoms with E-state index in [0.29, 0.717) is 20.5 Å². The first-order chi connectivity index (χ1) is 14.7. The average molecular weight is 435 g/mol. The summed E-state index contributed by atoms with van der Waals surface area (Å²) in [4.78, 5) is 14.5. The number of carbonyl (C=O) groups excluding carboxylic acids is 1. The minimum Gasteiger partial charge on any atom is -0.457 e. The third-order valence-corrected chi connectivity index (χ3v) is 5.26. The van der Waals surface area contributed by atoms with E-state index in [1.54, 1.807) is 0 Å². The molecule has 0 aliphatic carbocycles. The monoisotopic (exact) mass is 434 g/mol. The molecule has 0 aliphatic heterocycles. The predicted octanol–water partition coefficient (Wildman–Crippen LogP) is 5.77. The lowest BCUT2D eigenvalue weighted by molar-refractivity contribution is -0.114. The molecule has 150 valence electrons. The highest BCUT2D eigenvalue weighted by molar-refractivity contribution is 7.73. The fourth-order valence-corrected chi connectivity index (χ4v) is 3.69. The Labute approximate surface area is 182 Å². The van der Waals surface area contributed by atoms with E-state index < -0.39 is 0 Å². The van der Waals surface area contributed by atoms with E-state index in [-0.39, 0.29) is 12.5 Å². The molecule has 4 aromatic rings. The second-order valence-electron chi connectivity index (χ2n) is 6.31. The number of H-pyrrole nitrogens is 1. The molecule has 6 nitrogen and oxygen atoms in total. The van der Waals surface area contributed by atoms with E-state index in [2.05, 4.69) is 15.5 Å². The van der Waals surface area contributed by atoms with E-state index >= 15 is 0 Å². The van der Waals surface area contributed by atoms with Gasteiger partial charge in [0, 0.05) is 11.4 Å². The van der Waals surface area contributed by atoms with Gasteiger partial charge in [0.25, 0.3) is 0 Å². The molecule has 1 aromatic heterocycles. The van der Waals surface area contributed by atoms with Crippen molar-refractivity contribution >= 4 is 46.0 Å². The smallest absolute Gasteiger partial charge is 0.244 e. The zero-order valence-electron chi connectivity index (χ0n) is 15.8. The molecule has 0 unspecified atom stereocenters. The molecule has 3 aromatic carbocycles. The van der Waals surface area contributed by atoms with Gasteiger partial charge in [0.2, 0.25) is 11.0 Å². The zero-order chi connectivity index (χ0) is 20.8. The van der Waals surface area contributed by atoms with Crippen LogP contribution in [0.1, 0.15) is 0 Å². The second kappa shape index (κ2) is 9.34. The van der Waals surface area contributed by atoms with Crippen LogP contribution < -0.4 is 15.0 Å². The summed E-state index contributed by atoms with van der Waals surface area (Å²) in [6.07, 6.45) is 0. The summed E-state index contributed by atoms with van der Waals surface area (Å²) in [6, 6.07) is 26.4. The van der Waals surface area contributed by atoms with Gasteiger partial charge >= 0.3 is 0 Å². The summed E-state index contributed by atoms with van der Waals surface area (Å²) in [5, 5.41) is 10.5. The number of para-hydroxylation sites is 2. The van der Waals surface area contributed by atoms with Gasteiger partial charge in [0.15, 0.2) is 3.95 Å². The number of ether oxygens (including phenoxy) is 1. The van der Waals surface area contributed by atoms with Gasteiger partial charge in [0.05, 0.1) is 0 Å². The first-order valence-corrected chi connectivity index (χ1v) is 10.4. The Morgan fingerprint density at radius 1 is 0.967 bits per heavy atom. The van der Waals surface area contributed by atoms with Crippen molar-refractivity contribution in [1.82, 2.24) is 10.2 Å². The van der Waals surface area contributed by atoms with Gasteiger partial charge in [-0.15, -0.1) is 5.10 Å². The summed E-state index contributed by atoms with van der Waals surface area (Å²) in [5.74, 6) is 1.28. The number of hydrogen-bond acceptors (Lipinski definition) is 6. The fraction of sp³-hybridized carbons (Fsp3) is 0.0455. The number of aromatic amines is 1. The molecule has 0 spiro atoms. The SMILES string of the molecule is O=C(CN(c1ccccc1)c1n[nH]c(=S)s1)Nc1ccc(Oc2ccccc2)cc1. The molecule has 0 radical (unpaired) electrons. The van der Waals surface area contributed by atoms with Gasteiger partial charge < -0.3 is 15.0 Å². The Morgan fingerprint density at radius 3 is 2.23 bits per heavy atom. The second-order valence-corrected chi connectivity index (χ2v) is 7.95. The number of nitrogens with one attached hydrogen (secondary N) is 2. The van der Waals surface area contributed by atoms with Crippen molar-refractivity contribution in [3.8, 4) is 11.5 Å². The third kappa shape index (κ3) is 5.11. The quantitative estimate of drug-likeness (QED) is 0.361. The van der Waals surface area contributed by atoms with Crippen molar-refractivity contribution in [3.05, 3.63) is 88.9 Å². The van der Waals surface area contributed by atoms with Gasteiger partial charge in [-0.1, -0.05) is 47.7 Å².